The molecule has 1 fully saturated rings. The molecule has 4 rings (SSSR count). The van der Waals surface area contributed by atoms with Gasteiger partial charge in [0.05, 0.1) is 37.0 Å². The van der Waals surface area contributed by atoms with Crippen molar-refractivity contribution in [2.45, 2.75) is 42.2 Å². The van der Waals surface area contributed by atoms with Gasteiger partial charge in [0.1, 0.15) is 0 Å². The third kappa shape index (κ3) is 3.65. The van der Waals surface area contributed by atoms with Gasteiger partial charge >= 0.3 is 0 Å². The van der Waals surface area contributed by atoms with Crippen LogP contribution in [0, 0.1) is 0 Å². The zero-order valence-corrected chi connectivity index (χ0v) is 17.6. The second-order valence-electron chi connectivity index (χ2n) is 7.71. The highest BCUT2D eigenvalue weighted by Crippen LogP contribution is 2.44. The molecule has 0 spiro atoms. The van der Waals surface area contributed by atoms with Crippen molar-refractivity contribution in [2.75, 3.05) is 20.5 Å². The number of fused-ring (bicyclic) bond motifs is 3. The second kappa shape index (κ2) is 7.46. The van der Waals surface area contributed by atoms with Gasteiger partial charge in [-0.15, -0.1) is 0 Å². The van der Waals surface area contributed by atoms with Crippen molar-refractivity contribution in [1.29, 1.82) is 0 Å². The first kappa shape index (κ1) is 19.9. The predicted octanol–water partition coefficient (Wildman–Crippen LogP) is 2.96. The van der Waals surface area contributed by atoms with Crippen molar-refractivity contribution < 1.29 is 23.0 Å². The van der Waals surface area contributed by atoms with Crippen molar-refractivity contribution in [3.05, 3.63) is 53.1 Å². The van der Waals surface area contributed by atoms with Gasteiger partial charge in [0.15, 0.2) is 21.3 Å². The molecule has 0 bridgehead atoms. The first-order valence-electron chi connectivity index (χ1n) is 9.64. The van der Waals surface area contributed by atoms with Crippen LogP contribution in [0.2, 0.25) is 0 Å². The predicted molar refractivity (Wildman–Crippen MR) is 111 cm³/mol. The minimum Gasteiger partial charge on any atom is -0.493 e. The van der Waals surface area contributed by atoms with E-state index in [9.17, 15) is 13.5 Å². The molecule has 1 aliphatic carbocycles. The molecular formula is C22H25NO5S. The van der Waals surface area contributed by atoms with Gasteiger partial charge in [-0.3, -0.25) is 4.99 Å². The van der Waals surface area contributed by atoms with Crippen LogP contribution in [0.4, 0.5) is 0 Å². The van der Waals surface area contributed by atoms with Crippen molar-refractivity contribution in [3.63, 3.8) is 0 Å². The van der Waals surface area contributed by atoms with Crippen LogP contribution in [0.15, 0.2) is 46.3 Å². The summed E-state index contributed by atoms with van der Waals surface area (Å²) in [6.07, 6.45) is 3.00. The van der Waals surface area contributed by atoms with Crippen LogP contribution in [0.25, 0.3) is 0 Å². The summed E-state index contributed by atoms with van der Waals surface area (Å²) in [5, 5.41) is 10.2. The fourth-order valence-corrected chi connectivity index (χ4v) is 5.03. The van der Waals surface area contributed by atoms with E-state index in [0.717, 1.165) is 28.8 Å². The van der Waals surface area contributed by atoms with Crippen molar-refractivity contribution >= 4 is 15.5 Å². The normalized spacial score (nSPS) is 23.6. The number of benzene rings is 2. The number of nitrogens with zero attached hydrogens (tertiary/aromatic N) is 1. The van der Waals surface area contributed by atoms with E-state index in [2.05, 4.69) is 0 Å². The Labute approximate surface area is 171 Å². The van der Waals surface area contributed by atoms with Crippen molar-refractivity contribution in [1.82, 2.24) is 0 Å². The van der Waals surface area contributed by atoms with Crippen molar-refractivity contribution in [3.8, 4) is 11.5 Å². The molecule has 2 aromatic carbocycles. The maximum atomic E-state index is 12.1. The number of aliphatic hydroxyl groups excluding tert-OH is 1. The standard InChI is InChI=1S/C22H25NO5S/c1-27-20-11-16-17-10-14(24)7-8-19(17)23-22(18(16)12-21(20)28-2)13-5-4-6-15(9-13)29(3,25)26/h4-6,9,11-12,14,17,19,24H,7-8,10H2,1-3H3. The summed E-state index contributed by atoms with van der Waals surface area (Å²) in [5.74, 6) is 1.32. The summed E-state index contributed by atoms with van der Waals surface area (Å²) in [5.41, 5.74) is 3.46. The molecule has 3 unspecified atom stereocenters. The molecule has 3 atom stereocenters. The lowest BCUT2D eigenvalue weighted by molar-refractivity contribution is 0.111. The molecule has 0 saturated heterocycles. The average molecular weight is 416 g/mol. The highest BCUT2D eigenvalue weighted by molar-refractivity contribution is 7.90. The molecule has 6 nitrogen and oxygen atoms in total. The summed E-state index contributed by atoms with van der Waals surface area (Å²) >= 11 is 0. The molecule has 1 N–H and O–H groups in total. The Kier molecular flexibility index (Phi) is 5.12. The van der Waals surface area contributed by atoms with Crippen LogP contribution in [-0.2, 0) is 9.84 Å². The van der Waals surface area contributed by atoms with E-state index in [1.807, 2.05) is 18.2 Å². The van der Waals surface area contributed by atoms with Gasteiger partial charge in [-0.1, -0.05) is 12.1 Å². The van der Waals surface area contributed by atoms with Gasteiger partial charge in [0.2, 0.25) is 0 Å². The Morgan fingerprint density at radius 3 is 2.48 bits per heavy atom. The zero-order valence-electron chi connectivity index (χ0n) is 16.8. The second-order valence-corrected chi connectivity index (χ2v) is 9.73. The van der Waals surface area contributed by atoms with Gasteiger partial charge in [-0.05, 0) is 49.1 Å². The van der Waals surface area contributed by atoms with E-state index in [0.29, 0.717) is 24.3 Å². The number of aliphatic imine (C=N–C) groups is 1. The monoisotopic (exact) mass is 415 g/mol. The fourth-order valence-electron chi connectivity index (χ4n) is 4.37. The molecule has 0 amide bonds. The molecule has 7 heteroatoms. The van der Waals surface area contributed by atoms with Crippen LogP contribution in [0.1, 0.15) is 41.9 Å². The number of aliphatic hydroxyl groups is 1. The van der Waals surface area contributed by atoms with Gasteiger partial charge in [0, 0.05) is 23.3 Å². The van der Waals surface area contributed by atoms with Crippen LogP contribution in [-0.4, -0.2) is 51.9 Å². The van der Waals surface area contributed by atoms with E-state index in [1.54, 1.807) is 32.4 Å². The number of hydrogen-bond acceptors (Lipinski definition) is 6. The summed E-state index contributed by atoms with van der Waals surface area (Å²) in [6.45, 7) is 0. The lowest BCUT2D eigenvalue weighted by Gasteiger charge is -2.37. The Morgan fingerprint density at radius 1 is 1.07 bits per heavy atom. The molecule has 0 aromatic heterocycles. The first-order valence-corrected chi connectivity index (χ1v) is 11.5. The van der Waals surface area contributed by atoms with E-state index in [-0.39, 0.29) is 23.0 Å². The lowest BCUT2D eigenvalue weighted by Crippen LogP contribution is -2.34. The smallest absolute Gasteiger partial charge is 0.175 e. The number of methoxy groups -OCH3 is 2. The summed E-state index contributed by atoms with van der Waals surface area (Å²) < 4.78 is 35.1. The molecule has 0 radical (unpaired) electrons. The van der Waals surface area contributed by atoms with Crippen LogP contribution >= 0.6 is 0 Å². The highest BCUT2D eigenvalue weighted by Gasteiger charge is 2.37. The molecular weight excluding hydrogens is 390 g/mol. The number of hydrogen-bond donors (Lipinski definition) is 1. The van der Waals surface area contributed by atoms with E-state index in [4.69, 9.17) is 14.5 Å². The summed E-state index contributed by atoms with van der Waals surface area (Å²) in [4.78, 5) is 5.28. The fraction of sp³-hybridized carbons (Fsp3) is 0.409. The zero-order chi connectivity index (χ0) is 20.8. The molecule has 154 valence electrons. The molecule has 1 saturated carbocycles. The van der Waals surface area contributed by atoms with Gasteiger partial charge in [-0.25, -0.2) is 8.42 Å². The maximum absolute atomic E-state index is 12.1. The Morgan fingerprint density at radius 2 is 1.79 bits per heavy atom. The molecule has 2 aliphatic rings. The molecule has 29 heavy (non-hydrogen) atoms. The SMILES string of the molecule is COc1cc2c(cc1OC)C1CC(O)CCC1N=C2c1cccc(S(C)(=O)=O)c1. The minimum atomic E-state index is -3.33. The third-order valence-corrected chi connectivity index (χ3v) is 6.94. The largest absolute Gasteiger partial charge is 0.493 e. The molecule has 1 heterocycles. The van der Waals surface area contributed by atoms with E-state index < -0.39 is 9.84 Å². The van der Waals surface area contributed by atoms with Gasteiger partial charge in [0.25, 0.3) is 0 Å². The molecule has 1 aliphatic heterocycles. The maximum Gasteiger partial charge on any atom is 0.175 e. The highest BCUT2D eigenvalue weighted by atomic mass is 32.2. The number of sulfone groups is 1. The number of rotatable bonds is 4. The Bertz CT molecular complexity index is 1080. The van der Waals surface area contributed by atoms with E-state index in [1.165, 1.54) is 6.26 Å². The topological polar surface area (TPSA) is 85.2 Å². The van der Waals surface area contributed by atoms with Gasteiger partial charge < -0.3 is 14.6 Å². The first-order chi connectivity index (χ1) is 13.8. The Balaban J connectivity index is 1.92. The Hall–Kier alpha value is -2.38. The average Bonchev–Trinajstić information content (AvgIpc) is 2.71. The van der Waals surface area contributed by atoms with E-state index >= 15 is 0 Å². The minimum absolute atomic E-state index is 0.0425. The van der Waals surface area contributed by atoms with Crippen LogP contribution in [0.3, 0.4) is 0 Å². The third-order valence-electron chi connectivity index (χ3n) is 5.83. The quantitative estimate of drug-likeness (QED) is 0.830. The number of ether oxygens (including phenoxy) is 2. The summed E-state index contributed by atoms with van der Waals surface area (Å²) in [6, 6.07) is 10.8. The van der Waals surface area contributed by atoms with Gasteiger partial charge in [-0.2, -0.15) is 0 Å². The van der Waals surface area contributed by atoms with Crippen molar-refractivity contribution in [2.24, 2.45) is 4.99 Å². The lowest BCUT2D eigenvalue weighted by atomic mass is 9.74. The van der Waals surface area contributed by atoms with Crippen LogP contribution < -0.4 is 9.47 Å². The van der Waals surface area contributed by atoms with Crippen LogP contribution in [0.5, 0.6) is 11.5 Å². The molecule has 2 aromatic rings. The summed E-state index contributed by atoms with van der Waals surface area (Å²) in [7, 11) is -0.142.